The van der Waals surface area contributed by atoms with Gasteiger partial charge >= 0.3 is 0 Å². The van der Waals surface area contributed by atoms with Crippen LogP contribution in [-0.4, -0.2) is 38.4 Å². The van der Waals surface area contributed by atoms with Gasteiger partial charge in [0.2, 0.25) is 0 Å². The third-order valence-corrected chi connectivity index (χ3v) is 6.28. The summed E-state index contributed by atoms with van der Waals surface area (Å²) >= 11 is 5.41. The molecule has 0 bridgehead atoms. The van der Waals surface area contributed by atoms with E-state index in [1.807, 2.05) is 43.5 Å². The van der Waals surface area contributed by atoms with E-state index in [4.69, 9.17) is 12.2 Å². The highest BCUT2D eigenvalue weighted by Crippen LogP contribution is 2.28. The second-order valence-electron chi connectivity index (χ2n) is 8.12. The van der Waals surface area contributed by atoms with Crippen molar-refractivity contribution in [2.24, 2.45) is 0 Å². The van der Waals surface area contributed by atoms with Gasteiger partial charge in [-0.3, -0.25) is 29.5 Å². The third kappa shape index (κ3) is 3.90. The number of benzene rings is 2. The van der Waals surface area contributed by atoms with Gasteiger partial charge in [-0.1, -0.05) is 17.7 Å². The van der Waals surface area contributed by atoms with Crippen LogP contribution in [-0.2, 0) is 9.59 Å². The molecule has 3 aromatic rings. The van der Waals surface area contributed by atoms with Crippen molar-refractivity contribution >= 4 is 46.6 Å². The summed E-state index contributed by atoms with van der Waals surface area (Å²) in [7, 11) is 1.55. The molecule has 2 amide bonds. The minimum Gasteiger partial charge on any atom is -0.318 e. The van der Waals surface area contributed by atoms with E-state index in [1.165, 1.54) is 21.9 Å². The summed E-state index contributed by atoms with van der Waals surface area (Å²) < 4.78 is 1.92. The van der Waals surface area contributed by atoms with Crippen molar-refractivity contribution in [2.75, 3.05) is 11.9 Å². The number of nitro benzene ring substituents is 1. The number of carbonyl (C=O) groups is 2. The zero-order chi connectivity index (χ0) is 24.7. The maximum Gasteiger partial charge on any atom is 0.270 e. The van der Waals surface area contributed by atoms with Crippen LogP contribution in [0.5, 0.6) is 0 Å². The summed E-state index contributed by atoms with van der Waals surface area (Å²) in [5, 5.41) is 11.1. The minimum absolute atomic E-state index is 0.000578. The Hall–Kier alpha value is -4.11. The second-order valence-corrected chi connectivity index (χ2v) is 8.48. The van der Waals surface area contributed by atoms with Crippen LogP contribution >= 0.6 is 12.2 Å². The molecule has 8 nitrogen and oxygen atoms in total. The van der Waals surface area contributed by atoms with E-state index in [-0.39, 0.29) is 16.4 Å². The van der Waals surface area contributed by atoms with Gasteiger partial charge in [-0.2, -0.15) is 0 Å². The molecule has 0 aliphatic carbocycles. The zero-order valence-corrected chi connectivity index (χ0v) is 19.9. The van der Waals surface area contributed by atoms with Crippen LogP contribution in [0.25, 0.3) is 11.8 Å². The lowest BCUT2D eigenvalue weighted by atomic mass is 10.1. The molecular formula is C25H22N4O4S. The van der Waals surface area contributed by atoms with Gasteiger partial charge in [0.1, 0.15) is 5.57 Å². The highest BCUT2D eigenvalue weighted by molar-refractivity contribution is 7.80. The fraction of sp³-hybridized carbons (Fsp3) is 0.160. The Labute approximate surface area is 201 Å². The highest BCUT2D eigenvalue weighted by atomic mass is 32.1. The van der Waals surface area contributed by atoms with Crippen molar-refractivity contribution in [2.45, 2.75) is 20.8 Å². The average molecular weight is 475 g/mol. The van der Waals surface area contributed by atoms with E-state index in [0.717, 1.165) is 22.6 Å². The molecule has 0 radical (unpaired) electrons. The Morgan fingerprint density at radius 3 is 2.09 bits per heavy atom. The Bertz CT molecular complexity index is 1370. The van der Waals surface area contributed by atoms with Crippen molar-refractivity contribution < 1.29 is 14.5 Å². The molecule has 1 aliphatic rings. The van der Waals surface area contributed by atoms with Crippen LogP contribution in [0.3, 0.4) is 0 Å². The fourth-order valence-electron chi connectivity index (χ4n) is 3.97. The molecule has 0 N–H and O–H groups in total. The monoisotopic (exact) mass is 474 g/mol. The number of nitro groups is 1. The van der Waals surface area contributed by atoms with Crippen molar-refractivity contribution in [3.63, 3.8) is 0 Å². The number of anilines is 1. The summed E-state index contributed by atoms with van der Waals surface area (Å²) in [5.74, 6) is -0.962. The van der Waals surface area contributed by atoms with Crippen molar-refractivity contribution in [1.82, 2.24) is 9.47 Å². The smallest absolute Gasteiger partial charge is 0.270 e. The van der Waals surface area contributed by atoms with E-state index in [9.17, 15) is 19.7 Å². The normalized spacial score (nSPS) is 15.4. The van der Waals surface area contributed by atoms with Crippen LogP contribution < -0.4 is 4.90 Å². The van der Waals surface area contributed by atoms with Crippen LogP contribution in [0.15, 0.2) is 60.2 Å². The van der Waals surface area contributed by atoms with Crippen molar-refractivity contribution in [1.29, 1.82) is 0 Å². The molecule has 0 atom stereocenters. The lowest BCUT2D eigenvalue weighted by molar-refractivity contribution is -0.384. The van der Waals surface area contributed by atoms with Gasteiger partial charge in [-0.15, -0.1) is 0 Å². The van der Waals surface area contributed by atoms with E-state index >= 15 is 0 Å². The first kappa shape index (κ1) is 23.1. The second kappa shape index (κ2) is 8.68. The molecule has 2 heterocycles. The van der Waals surface area contributed by atoms with Gasteiger partial charge in [0.25, 0.3) is 17.5 Å². The van der Waals surface area contributed by atoms with Crippen LogP contribution in [0, 0.1) is 30.9 Å². The first-order chi connectivity index (χ1) is 16.1. The van der Waals surface area contributed by atoms with Crippen LogP contribution in [0.1, 0.15) is 22.5 Å². The first-order valence-electron chi connectivity index (χ1n) is 10.5. The highest BCUT2D eigenvalue weighted by Gasteiger charge is 2.38. The lowest BCUT2D eigenvalue weighted by Crippen LogP contribution is -2.54. The standard InChI is InChI=1S/C25H22N4O4S/c1-15-5-7-20(8-6-15)28-24(31)22(23(30)26(4)25(28)34)14-18-13-16(2)27(17(18)3)19-9-11-21(12-10-19)29(32)33/h5-14H,1-4H3. The Morgan fingerprint density at radius 1 is 0.912 bits per heavy atom. The molecule has 1 fully saturated rings. The number of nitrogens with zero attached hydrogens (tertiary/aromatic N) is 4. The number of non-ortho nitro benzene ring substituents is 1. The van der Waals surface area contributed by atoms with Gasteiger partial charge in [0.05, 0.1) is 10.6 Å². The number of thiocarbonyl (C=S) groups is 1. The number of carbonyl (C=O) groups excluding carboxylic acids is 2. The Balaban J connectivity index is 1.77. The summed E-state index contributed by atoms with van der Waals surface area (Å²) in [6.07, 6.45) is 1.58. The summed E-state index contributed by atoms with van der Waals surface area (Å²) in [6, 6.07) is 15.4. The SMILES string of the molecule is Cc1ccc(N2C(=O)C(=Cc3cc(C)n(-c4ccc([N+](=O)[O-])cc4)c3C)C(=O)N(C)C2=S)cc1. The minimum atomic E-state index is -0.489. The third-order valence-electron chi connectivity index (χ3n) is 5.83. The van der Waals surface area contributed by atoms with Crippen LogP contribution in [0.2, 0.25) is 0 Å². The molecule has 0 spiro atoms. The van der Waals surface area contributed by atoms with Gasteiger partial charge < -0.3 is 4.57 Å². The van der Waals surface area contributed by atoms with Gasteiger partial charge in [-0.25, -0.2) is 0 Å². The summed E-state index contributed by atoms with van der Waals surface area (Å²) in [6.45, 7) is 5.70. The van der Waals surface area contributed by atoms with Crippen molar-refractivity contribution in [3.8, 4) is 5.69 Å². The molecule has 1 aromatic heterocycles. The maximum atomic E-state index is 13.4. The lowest BCUT2D eigenvalue weighted by Gasteiger charge is -2.34. The maximum absolute atomic E-state index is 13.4. The molecule has 0 unspecified atom stereocenters. The van der Waals surface area contributed by atoms with E-state index < -0.39 is 16.7 Å². The number of aromatic nitrogens is 1. The number of rotatable bonds is 4. The first-order valence-corrected chi connectivity index (χ1v) is 10.9. The molecule has 1 saturated heterocycles. The van der Waals surface area contributed by atoms with Crippen molar-refractivity contribution in [3.05, 3.63) is 92.8 Å². The van der Waals surface area contributed by atoms with Gasteiger partial charge in [-0.05, 0) is 75.0 Å². The molecule has 34 heavy (non-hydrogen) atoms. The number of hydrogen-bond acceptors (Lipinski definition) is 5. The van der Waals surface area contributed by atoms with E-state index in [2.05, 4.69) is 0 Å². The molecule has 9 heteroatoms. The van der Waals surface area contributed by atoms with E-state index in [1.54, 1.807) is 37.4 Å². The van der Waals surface area contributed by atoms with Crippen LogP contribution in [0.4, 0.5) is 11.4 Å². The topological polar surface area (TPSA) is 88.7 Å². The molecule has 2 aromatic carbocycles. The molecule has 1 aliphatic heterocycles. The largest absolute Gasteiger partial charge is 0.318 e. The molecule has 0 saturated carbocycles. The zero-order valence-electron chi connectivity index (χ0n) is 19.1. The summed E-state index contributed by atoms with van der Waals surface area (Å²) in [5.41, 5.74) is 4.71. The fourth-order valence-corrected chi connectivity index (χ4v) is 4.24. The average Bonchev–Trinajstić information content (AvgIpc) is 3.09. The molecular weight excluding hydrogens is 452 g/mol. The van der Waals surface area contributed by atoms with Gasteiger partial charge in [0, 0.05) is 36.3 Å². The molecule has 4 rings (SSSR count). The Morgan fingerprint density at radius 2 is 1.50 bits per heavy atom. The summed E-state index contributed by atoms with van der Waals surface area (Å²) in [4.78, 5) is 39.6. The number of aryl methyl sites for hydroxylation is 2. The number of hydrogen-bond donors (Lipinski definition) is 0. The predicted molar refractivity (Wildman–Crippen MR) is 134 cm³/mol. The Kier molecular flexibility index (Phi) is 5.89. The molecule has 172 valence electrons. The van der Waals surface area contributed by atoms with E-state index in [0.29, 0.717) is 11.3 Å². The number of likely N-dealkylation sites (N-methyl/N-ethyl adjacent to an activating group) is 1. The number of amides is 2. The predicted octanol–water partition coefficient (Wildman–Crippen LogP) is 4.48. The van der Waals surface area contributed by atoms with Gasteiger partial charge in [0.15, 0.2) is 5.11 Å². The quantitative estimate of drug-likeness (QED) is 0.183.